The van der Waals surface area contributed by atoms with Crippen LogP contribution < -0.4 is 5.32 Å². The molecule has 1 saturated heterocycles. The summed E-state index contributed by atoms with van der Waals surface area (Å²) in [5.74, 6) is -0.171. The highest BCUT2D eigenvalue weighted by atomic mass is 16.7. The summed E-state index contributed by atoms with van der Waals surface area (Å²) in [4.78, 5) is 13.0. The van der Waals surface area contributed by atoms with Crippen molar-refractivity contribution < 1.29 is 39.8 Å². The highest BCUT2D eigenvalue weighted by Gasteiger charge is 2.44. The number of allylic oxidation sites excluding steroid dienone is 1. The summed E-state index contributed by atoms with van der Waals surface area (Å²) in [5, 5.41) is 54.4. The molecule has 1 amide bonds. The molecule has 0 bridgehead atoms. The van der Waals surface area contributed by atoms with Gasteiger partial charge in [0.05, 0.1) is 25.4 Å². The number of carbonyl (C=O) groups excluding carboxylic acids is 1. The van der Waals surface area contributed by atoms with Gasteiger partial charge in [0.25, 0.3) is 0 Å². The Morgan fingerprint density at radius 3 is 1.26 bits per heavy atom. The van der Waals surface area contributed by atoms with Crippen LogP contribution in [-0.4, -0.2) is 87.5 Å². The Kier molecular flexibility index (Phi) is 41.6. The third kappa shape index (κ3) is 33.4. The van der Waals surface area contributed by atoms with E-state index in [9.17, 15) is 30.3 Å². The molecule has 1 rings (SSSR count). The topological polar surface area (TPSA) is 149 Å². The standard InChI is InChI=1S/C53H103NO8/c1-3-5-7-9-11-13-15-17-19-21-22-23-24-25-27-29-31-33-35-37-39-41-43-49(57)54-46(45-61-53-52(60)51(59)50(58)48(44-55)62-53)47(56)42-40-38-36-34-32-30-28-26-20-18-16-14-12-10-8-6-4-2/h40,42,46-48,50-53,55-56,58-60H,3-39,41,43-45H2,1-2H3,(H,54,57)/b42-40+/t46-,47+,48-,50-,51?,52?,53-/m0/s1. The molecule has 0 aromatic heterocycles. The van der Waals surface area contributed by atoms with Crippen LogP contribution in [0.3, 0.4) is 0 Å². The maximum atomic E-state index is 13.0. The van der Waals surface area contributed by atoms with Crippen molar-refractivity contribution in [2.75, 3.05) is 13.2 Å². The zero-order valence-electron chi connectivity index (χ0n) is 40.6. The number of amides is 1. The molecular formula is C53H103NO8. The van der Waals surface area contributed by atoms with Gasteiger partial charge < -0.3 is 40.3 Å². The number of aliphatic hydroxyl groups excluding tert-OH is 5. The second kappa shape index (κ2) is 43.8. The second-order valence-corrected chi connectivity index (χ2v) is 19.0. The fourth-order valence-corrected chi connectivity index (χ4v) is 8.81. The zero-order chi connectivity index (χ0) is 45.1. The molecule has 0 spiro atoms. The van der Waals surface area contributed by atoms with Crippen molar-refractivity contribution in [3.63, 3.8) is 0 Å². The van der Waals surface area contributed by atoms with Crippen molar-refractivity contribution in [3.05, 3.63) is 12.2 Å². The van der Waals surface area contributed by atoms with Gasteiger partial charge in [0.1, 0.15) is 24.4 Å². The summed E-state index contributed by atoms with van der Waals surface area (Å²) in [5.41, 5.74) is 0. The van der Waals surface area contributed by atoms with Crippen LogP contribution in [0.4, 0.5) is 0 Å². The average molecular weight is 882 g/mol. The summed E-state index contributed by atoms with van der Waals surface area (Å²) in [6.45, 7) is 3.81. The van der Waals surface area contributed by atoms with Gasteiger partial charge in [0, 0.05) is 6.42 Å². The lowest BCUT2D eigenvalue weighted by Gasteiger charge is -2.40. The fraction of sp³-hybridized carbons (Fsp3) is 0.943. The Morgan fingerprint density at radius 2 is 0.887 bits per heavy atom. The van der Waals surface area contributed by atoms with Gasteiger partial charge in [-0.15, -0.1) is 0 Å². The van der Waals surface area contributed by atoms with E-state index in [2.05, 4.69) is 19.2 Å². The van der Waals surface area contributed by atoms with Crippen LogP contribution in [-0.2, 0) is 14.3 Å². The first-order chi connectivity index (χ1) is 30.3. The monoisotopic (exact) mass is 882 g/mol. The van der Waals surface area contributed by atoms with Gasteiger partial charge in [-0.25, -0.2) is 0 Å². The maximum Gasteiger partial charge on any atom is 0.220 e. The highest BCUT2D eigenvalue weighted by molar-refractivity contribution is 5.76. The number of ether oxygens (including phenoxy) is 2. The molecule has 1 fully saturated rings. The summed E-state index contributed by atoms with van der Waals surface area (Å²) < 4.78 is 11.3. The summed E-state index contributed by atoms with van der Waals surface area (Å²) in [7, 11) is 0. The normalized spacial score (nSPS) is 20.3. The van der Waals surface area contributed by atoms with Crippen LogP contribution in [0, 0.1) is 0 Å². The van der Waals surface area contributed by atoms with E-state index in [1.54, 1.807) is 6.08 Å². The number of hydrogen-bond donors (Lipinski definition) is 6. The number of hydrogen-bond acceptors (Lipinski definition) is 8. The molecule has 0 aliphatic carbocycles. The van der Waals surface area contributed by atoms with Gasteiger partial charge in [-0.1, -0.05) is 251 Å². The first kappa shape index (κ1) is 58.9. The van der Waals surface area contributed by atoms with Crippen molar-refractivity contribution in [3.8, 4) is 0 Å². The molecule has 368 valence electrons. The van der Waals surface area contributed by atoms with Crippen LogP contribution in [0.5, 0.6) is 0 Å². The molecule has 0 radical (unpaired) electrons. The number of carbonyl (C=O) groups is 1. The lowest BCUT2D eigenvalue weighted by molar-refractivity contribution is -0.302. The fourth-order valence-electron chi connectivity index (χ4n) is 8.81. The quantitative estimate of drug-likeness (QED) is 0.0261. The molecule has 1 heterocycles. The Hall–Kier alpha value is -1.07. The van der Waals surface area contributed by atoms with Crippen molar-refractivity contribution in [1.82, 2.24) is 5.32 Å². The van der Waals surface area contributed by atoms with Gasteiger partial charge in [0.2, 0.25) is 5.91 Å². The second-order valence-electron chi connectivity index (χ2n) is 19.0. The number of unbranched alkanes of at least 4 members (excludes halogenated alkanes) is 36. The van der Waals surface area contributed by atoms with E-state index in [-0.39, 0.29) is 12.5 Å². The van der Waals surface area contributed by atoms with Crippen LogP contribution in [0.25, 0.3) is 0 Å². The third-order valence-electron chi connectivity index (χ3n) is 13.1. The third-order valence-corrected chi connectivity index (χ3v) is 13.1. The van der Waals surface area contributed by atoms with Crippen molar-refractivity contribution in [2.45, 2.75) is 307 Å². The highest BCUT2D eigenvalue weighted by Crippen LogP contribution is 2.23. The molecular weight excluding hydrogens is 779 g/mol. The van der Waals surface area contributed by atoms with E-state index in [1.807, 2.05) is 6.08 Å². The Morgan fingerprint density at radius 1 is 0.532 bits per heavy atom. The molecule has 0 aromatic rings. The SMILES string of the molecule is CCCCCCCCCCCCCCCCC/C=C/[C@@H](O)[C@H](CO[C@H]1O[C@@H](CO)[C@H](O)C(O)C1O)NC(=O)CCCCCCCCCCCCCCCCCCCCCCCC. The van der Waals surface area contributed by atoms with Crippen LogP contribution in [0.2, 0.25) is 0 Å². The summed E-state index contributed by atoms with van der Waals surface area (Å²) in [6, 6.07) is -0.799. The lowest BCUT2D eigenvalue weighted by Crippen LogP contribution is -2.60. The van der Waals surface area contributed by atoms with Gasteiger partial charge in [-0.2, -0.15) is 0 Å². The molecule has 62 heavy (non-hydrogen) atoms. The number of aliphatic hydroxyl groups is 5. The number of nitrogens with one attached hydrogen (secondary N) is 1. The van der Waals surface area contributed by atoms with E-state index < -0.39 is 49.5 Å². The van der Waals surface area contributed by atoms with E-state index >= 15 is 0 Å². The van der Waals surface area contributed by atoms with Crippen molar-refractivity contribution >= 4 is 5.91 Å². The Labute approximate surface area is 382 Å². The zero-order valence-corrected chi connectivity index (χ0v) is 40.6. The first-order valence-electron chi connectivity index (χ1n) is 26.9. The maximum absolute atomic E-state index is 13.0. The molecule has 0 saturated carbocycles. The molecule has 2 unspecified atom stereocenters. The molecule has 1 aliphatic heterocycles. The molecule has 7 atom stereocenters. The van der Waals surface area contributed by atoms with Crippen molar-refractivity contribution in [1.29, 1.82) is 0 Å². The smallest absolute Gasteiger partial charge is 0.220 e. The summed E-state index contributed by atoms with van der Waals surface area (Å²) in [6.07, 6.45) is 45.5. The molecule has 9 nitrogen and oxygen atoms in total. The predicted octanol–water partition coefficient (Wildman–Crippen LogP) is 12.5. The minimum atomic E-state index is -1.56. The molecule has 0 aromatic carbocycles. The largest absolute Gasteiger partial charge is 0.394 e. The molecule has 9 heteroatoms. The van der Waals surface area contributed by atoms with Gasteiger partial charge in [-0.05, 0) is 19.3 Å². The van der Waals surface area contributed by atoms with Gasteiger partial charge >= 0.3 is 0 Å². The van der Waals surface area contributed by atoms with Crippen LogP contribution in [0.15, 0.2) is 12.2 Å². The summed E-state index contributed by atoms with van der Waals surface area (Å²) >= 11 is 0. The van der Waals surface area contributed by atoms with E-state index in [4.69, 9.17) is 9.47 Å². The van der Waals surface area contributed by atoms with Gasteiger partial charge in [0.15, 0.2) is 6.29 Å². The van der Waals surface area contributed by atoms with Crippen LogP contribution >= 0.6 is 0 Å². The predicted molar refractivity (Wildman–Crippen MR) is 258 cm³/mol. The van der Waals surface area contributed by atoms with Crippen LogP contribution in [0.1, 0.15) is 264 Å². The number of rotatable bonds is 46. The average Bonchev–Trinajstić information content (AvgIpc) is 3.27. The Bertz CT molecular complexity index is 981. The van der Waals surface area contributed by atoms with Crippen molar-refractivity contribution in [2.24, 2.45) is 0 Å². The van der Waals surface area contributed by atoms with E-state index in [0.717, 1.165) is 38.5 Å². The minimum absolute atomic E-state index is 0.171. The minimum Gasteiger partial charge on any atom is -0.394 e. The Balaban J connectivity index is 2.25. The molecule has 1 aliphatic rings. The first-order valence-corrected chi connectivity index (χ1v) is 26.9. The van der Waals surface area contributed by atoms with Gasteiger partial charge in [-0.3, -0.25) is 4.79 Å². The van der Waals surface area contributed by atoms with E-state index in [1.165, 1.54) is 205 Å². The molecule has 6 N–H and O–H groups in total. The lowest BCUT2D eigenvalue weighted by atomic mass is 9.99. The van der Waals surface area contributed by atoms with E-state index in [0.29, 0.717) is 6.42 Å².